The van der Waals surface area contributed by atoms with E-state index in [0.717, 1.165) is 25.8 Å². The lowest BCUT2D eigenvalue weighted by Gasteiger charge is -2.25. The molecule has 2 heteroatoms. The van der Waals surface area contributed by atoms with Gasteiger partial charge in [0.2, 0.25) is 0 Å². The summed E-state index contributed by atoms with van der Waals surface area (Å²) in [5.41, 5.74) is 4.12. The third-order valence-electron chi connectivity index (χ3n) is 3.33. The van der Waals surface area contributed by atoms with Gasteiger partial charge in [-0.25, -0.2) is 0 Å². The van der Waals surface area contributed by atoms with E-state index >= 15 is 0 Å². The van der Waals surface area contributed by atoms with Gasteiger partial charge >= 0.3 is 0 Å². The van der Waals surface area contributed by atoms with E-state index in [1.807, 2.05) is 0 Å². The lowest BCUT2D eigenvalue weighted by Crippen LogP contribution is -2.20. The van der Waals surface area contributed by atoms with Crippen molar-refractivity contribution in [2.75, 3.05) is 0 Å². The zero-order valence-corrected chi connectivity index (χ0v) is 10.9. The van der Waals surface area contributed by atoms with Crippen molar-refractivity contribution in [1.82, 2.24) is 4.57 Å². The number of aliphatic hydroxyl groups is 1. The molecule has 1 aliphatic carbocycles. The maximum atomic E-state index is 9.98. The molecule has 1 aliphatic rings. The average Bonchev–Trinajstić information content (AvgIpc) is 2.44. The van der Waals surface area contributed by atoms with Gasteiger partial charge in [-0.1, -0.05) is 20.8 Å². The molecule has 0 aromatic carbocycles. The third-order valence-corrected chi connectivity index (χ3v) is 3.33. The summed E-state index contributed by atoms with van der Waals surface area (Å²) < 4.78 is 2.40. The Bertz CT molecular complexity index is 384. The van der Waals surface area contributed by atoms with Crippen LogP contribution >= 0.6 is 0 Å². The SMILES string of the molecule is Cc1cc2c(n1CC(C)(C)C)CCCC2O. The van der Waals surface area contributed by atoms with Gasteiger partial charge < -0.3 is 9.67 Å². The van der Waals surface area contributed by atoms with Crippen LogP contribution in [0.4, 0.5) is 0 Å². The highest BCUT2D eigenvalue weighted by Crippen LogP contribution is 2.33. The first kappa shape index (κ1) is 11.7. The van der Waals surface area contributed by atoms with Gasteiger partial charge in [0.15, 0.2) is 0 Å². The standard InChI is InChI=1S/C14H23NO/c1-10-8-11-12(6-5-7-13(11)16)15(10)9-14(2,3)4/h8,13,16H,5-7,9H2,1-4H3. The number of rotatable bonds is 1. The van der Waals surface area contributed by atoms with Crippen molar-refractivity contribution in [2.24, 2.45) is 5.41 Å². The highest BCUT2D eigenvalue weighted by Gasteiger charge is 2.24. The zero-order valence-electron chi connectivity index (χ0n) is 10.9. The first-order valence-electron chi connectivity index (χ1n) is 6.25. The average molecular weight is 221 g/mol. The van der Waals surface area contributed by atoms with Crippen LogP contribution in [0.15, 0.2) is 6.07 Å². The van der Waals surface area contributed by atoms with E-state index in [1.54, 1.807) is 0 Å². The molecule has 0 radical (unpaired) electrons. The minimum absolute atomic E-state index is 0.233. The largest absolute Gasteiger partial charge is 0.388 e. The van der Waals surface area contributed by atoms with E-state index in [-0.39, 0.29) is 6.10 Å². The van der Waals surface area contributed by atoms with Gasteiger partial charge in [0.05, 0.1) is 6.10 Å². The molecule has 1 aromatic heterocycles. The fourth-order valence-corrected chi connectivity index (χ4v) is 2.64. The van der Waals surface area contributed by atoms with Crippen LogP contribution in [0.2, 0.25) is 0 Å². The van der Waals surface area contributed by atoms with Crippen LogP contribution in [0.5, 0.6) is 0 Å². The molecule has 16 heavy (non-hydrogen) atoms. The summed E-state index contributed by atoms with van der Waals surface area (Å²) in [6.45, 7) is 9.98. The van der Waals surface area contributed by atoms with Crippen LogP contribution in [-0.2, 0) is 13.0 Å². The maximum absolute atomic E-state index is 9.98. The molecule has 0 spiro atoms. The van der Waals surface area contributed by atoms with Gasteiger partial charge in [-0.2, -0.15) is 0 Å². The van der Waals surface area contributed by atoms with Crippen molar-refractivity contribution < 1.29 is 5.11 Å². The van der Waals surface area contributed by atoms with Gasteiger partial charge in [-0.05, 0) is 37.7 Å². The Morgan fingerprint density at radius 3 is 2.75 bits per heavy atom. The van der Waals surface area contributed by atoms with E-state index in [4.69, 9.17) is 0 Å². The Balaban J connectivity index is 2.38. The lowest BCUT2D eigenvalue weighted by atomic mass is 9.93. The monoisotopic (exact) mass is 221 g/mol. The number of fused-ring (bicyclic) bond motifs is 1. The summed E-state index contributed by atoms with van der Waals surface area (Å²) in [5.74, 6) is 0. The molecule has 0 aliphatic heterocycles. The minimum atomic E-state index is -0.233. The van der Waals surface area contributed by atoms with Gasteiger partial charge in [-0.15, -0.1) is 0 Å². The van der Waals surface area contributed by atoms with Crippen molar-refractivity contribution in [3.05, 3.63) is 23.0 Å². The van der Waals surface area contributed by atoms with Crippen LogP contribution in [0.25, 0.3) is 0 Å². The van der Waals surface area contributed by atoms with Crippen LogP contribution in [0.3, 0.4) is 0 Å². The predicted octanol–water partition coefficient (Wildman–Crippen LogP) is 3.21. The van der Waals surface area contributed by atoms with Crippen LogP contribution in [0, 0.1) is 12.3 Å². The predicted molar refractivity (Wildman–Crippen MR) is 66.5 cm³/mol. The van der Waals surface area contributed by atoms with Gasteiger partial charge in [0.25, 0.3) is 0 Å². The summed E-state index contributed by atoms with van der Waals surface area (Å²) >= 11 is 0. The van der Waals surface area contributed by atoms with Crippen LogP contribution < -0.4 is 0 Å². The summed E-state index contributed by atoms with van der Waals surface area (Å²) in [4.78, 5) is 0. The van der Waals surface area contributed by atoms with Crippen LogP contribution in [-0.4, -0.2) is 9.67 Å². The Labute approximate surface area is 98.3 Å². The second-order valence-corrected chi connectivity index (χ2v) is 6.24. The van der Waals surface area contributed by atoms with Gasteiger partial charge in [0.1, 0.15) is 0 Å². The van der Waals surface area contributed by atoms with E-state index in [2.05, 4.69) is 38.3 Å². The number of hydrogen-bond donors (Lipinski definition) is 1. The van der Waals surface area contributed by atoms with Gasteiger partial charge in [-0.3, -0.25) is 0 Å². The summed E-state index contributed by atoms with van der Waals surface area (Å²) in [6.07, 6.45) is 2.92. The van der Waals surface area contributed by atoms with Gasteiger partial charge in [0, 0.05) is 23.5 Å². The van der Waals surface area contributed by atoms with Crippen molar-refractivity contribution in [2.45, 2.75) is 59.6 Å². The number of aromatic nitrogens is 1. The topological polar surface area (TPSA) is 25.2 Å². The lowest BCUT2D eigenvalue weighted by molar-refractivity contribution is 0.155. The van der Waals surface area contributed by atoms with Crippen molar-refractivity contribution >= 4 is 0 Å². The highest BCUT2D eigenvalue weighted by atomic mass is 16.3. The molecule has 0 bridgehead atoms. The number of hydrogen-bond acceptors (Lipinski definition) is 1. The molecule has 0 fully saturated rings. The van der Waals surface area contributed by atoms with Crippen molar-refractivity contribution in [3.8, 4) is 0 Å². The fourth-order valence-electron chi connectivity index (χ4n) is 2.64. The Morgan fingerprint density at radius 2 is 2.12 bits per heavy atom. The molecule has 0 amide bonds. The summed E-state index contributed by atoms with van der Waals surface area (Å²) in [6, 6.07) is 2.17. The number of aliphatic hydroxyl groups excluding tert-OH is 1. The van der Waals surface area contributed by atoms with E-state index in [1.165, 1.54) is 17.0 Å². The maximum Gasteiger partial charge on any atom is 0.0807 e. The molecule has 1 atom stereocenters. The molecule has 0 saturated heterocycles. The molecule has 2 nitrogen and oxygen atoms in total. The molecule has 1 heterocycles. The Morgan fingerprint density at radius 1 is 1.44 bits per heavy atom. The first-order valence-corrected chi connectivity index (χ1v) is 6.25. The molecular formula is C14H23NO. The summed E-state index contributed by atoms with van der Waals surface area (Å²) in [5, 5.41) is 9.98. The van der Waals surface area contributed by atoms with Crippen LogP contribution in [0.1, 0.15) is 56.7 Å². The zero-order chi connectivity index (χ0) is 11.9. The molecule has 1 N–H and O–H groups in total. The van der Waals surface area contributed by atoms with Crippen molar-refractivity contribution in [1.29, 1.82) is 0 Å². The molecule has 1 unspecified atom stereocenters. The molecule has 2 rings (SSSR count). The van der Waals surface area contributed by atoms with E-state index < -0.39 is 0 Å². The third kappa shape index (κ3) is 2.17. The second-order valence-electron chi connectivity index (χ2n) is 6.24. The van der Waals surface area contributed by atoms with E-state index in [0.29, 0.717) is 5.41 Å². The molecule has 90 valence electrons. The Kier molecular flexibility index (Phi) is 2.87. The molecule has 0 saturated carbocycles. The smallest absolute Gasteiger partial charge is 0.0807 e. The first-order chi connectivity index (χ1) is 7.38. The Hall–Kier alpha value is -0.760. The molecule has 1 aromatic rings. The highest BCUT2D eigenvalue weighted by molar-refractivity contribution is 5.31. The normalized spacial score (nSPS) is 20.9. The molecular weight excluding hydrogens is 198 g/mol. The van der Waals surface area contributed by atoms with Crippen molar-refractivity contribution in [3.63, 3.8) is 0 Å². The second kappa shape index (κ2) is 3.92. The fraction of sp³-hybridized carbons (Fsp3) is 0.714. The summed E-state index contributed by atoms with van der Waals surface area (Å²) in [7, 11) is 0. The quantitative estimate of drug-likeness (QED) is 0.774. The van der Waals surface area contributed by atoms with E-state index in [9.17, 15) is 5.11 Å². The minimum Gasteiger partial charge on any atom is -0.388 e. The number of aryl methyl sites for hydroxylation is 1. The number of nitrogens with zero attached hydrogens (tertiary/aromatic N) is 1.